The van der Waals surface area contributed by atoms with E-state index in [9.17, 15) is 19.5 Å². The summed E-state index contributed by atoms with van der Waals surface area (Å²) in [6, 6.07) is 8.75. The summed E-state index contributed by atoms with van der Waals surface area (Å²) in [6.07, 6.45) is 4.34. The molecule has 1 heterocycles. The minimum atomic E-state index is -0.531. The van der Waals surface area contributed by atoms with Gasteiger partial charge in [-0.25, -0.2) is 0 Å². The average Bonchev–Trinajstić information content (AvgIpc) is 2.64. The highest BCUT2D eigenvalue weighted by atomic mass is 16.3. The summed E-state index contributed by atoms with van der Waals surface area (Å²) < 4.78 is 0. The van der Waals surface area contributed by atoms with Crippen molar-refractivity contribution in [1.82, 2.24) is 15.2 Å². The summed E-state index contributed by atoms with van der Waals surface area (Å²) in [4.78, 5) is 41.0. The zero-order valence-corrected chi connectivity index (χ0v) is 15.2. The Morgan fingerprint density at radius 3 is 2.67 bits per heavy atom. The Hall–Kier alpha value is -2.93. The van der Waals surface area contributed by atoms with Gasteiger partial charge in [0.15, 0.2) is 0 Å². The van der Waals surface area contributed by atoms with Crippen LogP contribution in [0.2, 0.25) is 0 Å². The fourth-order valence-corrected chi connectivity index (χ4v) is 2.97. The Kier molecular flexibility index (Phi) is 5.71. The topological polar surface area (TPSA) is 102 Å². The molecule has 0 saturated heterocycles. The molecule has 7 heteroatoms. The zero-order chi connectivity index (χ0) is 19.4. The van der Waals surface area contributed by atoms with Gasteiger partial charge in [0.25, 0.3) is 17.4 Å². The van der Waals surface area contributed by atoms with Crippen LogP contribution in [0, 0.1) is 0 Å². The quantitative estimate of drug-likeness (QED) is 0.717. The first-order chi connectivity index (χ1) is 13.0. The molecule has 2 aromatic rings. The summed E-state index contributed by atoms with van der Waals surface area (Å²) in [6.45, 7) is 0.202. The number of aliphatic hydroxyl groups excluding tert-OH is 1. The second-order valence-corrected chi connectivity index (χ2v) is 6.87. The van der Waals surface area contributed by atoms with E-state index in [1.807, 2.05) is 6.07 Å². The van der Waals surface area contributed by atoms with Crippen molar-refractivity contribution in [2.75, 3.05) is 7.05 Å². The summed E-state index contributed by atoms with van der Waals surface area (Å²) in [5.41, 5.74) is 1.25. The molecule has 3 rings (SSSR count). The van der Waals surface area contributed by atoms with Crippen LogP contribution in [0.4, 0.5) is 0 Å². The highest BCUT2D eigenvalue weighted by molar-refractivity contribution is 5.99. The number of aromatic amines is 1. The van der Waals surface area contributed by atoms with Gasteiger partial charge in [-0.3, -0.25) is 14.4 Å². The molecular weight excluding hydrogens is 346 g/mol. The summed E-state index contributed by atoms with van der Waals surface area (Å²) in [7, 11) is 1.59. The molecule has 1 fully saturated rings. The molecule has 0 atom stereocenters. The largest absolute Gasteiger partial charge is 0.392 e. The summed E-state index contributed by atoms with van der Waals surface area (Å²) >= 11 is 0. The van der Waals surface area contributed by atoms with Crippen molar-refractivity contribution in [3.8, 4) is 0 Å². The fraction of sp³-hybridized carbons (Fsp3) is 0.350. The molecule has 1 saturated carbocycles. The van der Waals surface area contributed by atoms with Crippen molar-refractivity contribution in [3.63, 3.8) is 0 Å². The van der Waals surface area contributed by atoms with Crippen molar-refractivity contribution < 1.29 is 14.7 Å². The van der Waals surface area contributed by atoms with Crippen molar-refractivity contribution in [3.05, 3.63) is 69.1 Å². The van der Waals surface area contributed by atoms with Crippen LogP contribution < -0.4 is 10.9 Å². The molecule has 0 radical (unpaired) electrons. The van der Waals surface area contributed by atoms with Gasteiger partial charge < -0.3 is 20.3 Å². The molecule has 1 aromatic heterocycles. The van der Waals surface area contributed by atoms with E-state index >= 15 is 0 Å². The Balaban J connectivity index is 1.75. The van der Waals surface area contributed by atoms with Crippen LogP contribution in [0.5, 0.6) is 0 Å². The average molecular weight is 369 g/mol. The van der Waals surface area contributed by atoms with E-state index < -0.39 is 11.5 Å². The van der Waals surface area contributed by atoms with E-state index in [0.29, 0.717) is 0 Å². The van der Waals surface area contributed by atoms with E-state index in [1.54, 1.807) is 25.2 Å². The smallest absolute Gasteiger partial charge is 0.260 e. The highest BCUT2D eigenvalue weighted by Gasteiger charge is 2.22. The maximum Gasteiger partial charge on any atom is 0.260 e. The molecule has 1 aromatic carbocycles. The van der Waals surface area contributed by atoms with E-state index in [0.717, 1.165) is 30.4 Å². The molecule has 2 amide bonds. The maximum absolute atomic E-state index is 12.7. The third-order valence-corrected chi connectivity index (χ3v) is 4.78. The van der Waals surface area contributed by atoms with Crippen LogP contribution >= 0.6 is 0 Å². The maximum atomic E-state index is 12.7. The van der Waals surface area contributed by atoms with Gasteiger partial charge in [0.2, 0.25) is 0 Å². The Labute approximate surface area is 157 Å². The van der Waals surface area contributed by atoms with Crippen molar-refractivity contribution in [1.29, 1.82) is 0 Å². The zero-order valence-electron chi connectivity index (χ0n) is 15.2. The van der Waals surface area contributed by atoms with Crippen molar-refractivity contribution in [2.24, 2.45) is 0 Å². The molecule has 1 aliphatic carbocycles. The minimum absolute atomic E-state index is 0.0722. The number of aromatic nitrogens is 1. The molecule has 0 aliphatic heterocycles. The number of amides is 2. The van der Waals surface area contributed by atoms with Gasteiger partial charge in [-0.05, 0) is 36.5 Å². The monoisotopic (exact) mass is 369 g/mol. The predicted molar refractivity (Wildman–Crippen MR) is 100 cm³/mol. The van der Waals surface area contributed by atoms with Crippen LogP contribution in [-0.4, -0.2) is 39.9 Å². The van der Waals surface area contributed by atoms with Gasteiger partial charge in [0.05, 0.1) is 12.2 Å². The lowest BCUT2D eigenvalue weighted by atomic mass is 9.93. The third-order valence-electron chi connectivity index (χ3n) is 4.78. The van der Waals surface area contributed by atoms with Gasteiger partial charge in [-0.15, -0.1) is 0 Å². The number of hydrogen-bond donors (Lipinski definition) is 3. The number of nitrogens with zero attached hydrogens (tertiary/aromatic N) is 1. The SMILES string of the molecule is CN(Cc1cccc(CO)c1)C(=O)c1cc(C(=O)NC2CCC2)c[nH]c1=O. The van der Waals surface area contributed by atoms with Gasteiger partial charge in [-0.1, -0.05) is 24.3 Å². The number of pyridine rings is 1. The number of nitrogens with one attached hydrogen (secondary N) is 2. The highest BCUT2D eigenvalue weighted by Crippen LogP contribution is 2.18. The number of rotatable bonds is 6. The van der Waals surface area contributed by atoms with Crippen LogP contribution in [0.25, 0.3) is 0 Å². The molecule has 0 bridgehead atoms. The molecule has 0 spiro atoms. The lowest BCUT2D eigenvalue weighted by Gasteiger charge is -2.26. The number of carbonyl (C=O) groups excluding carboxylic acids is 2. The standard InChI is InChI=1S/C20H23N3O4/c1-23(11-13-4-2-5-14(8-13)12-24)20(27)17-9-15(10-21-19(17)26)18(25)22-16-6-3-7-16/h2,4-5,8-10,16,24H,3,6-7,11-12H2,1H3,(H,21,26)(H,22,25). The Morgan fingerprint density at radius 2 is 2.00 bits per heavy atom. The lowest BCUT2D eigenvalue weighted by Crippen LogP contribution is -2.40. The van der Waals surface area contributed by atoms with Crippen LogP contribution in [0.3, 0.4) is 0 Å². The first-order valence-electron chi connectivity index (χ1n) is 8.95. The number of hydrogen-bond acceptors (Lipinski definition) is 4. The van der Waals surface area contributed by atoms with E-state index in [1.165, 1.54) is 17.2 Å². The van der Waals surface area contributed by atoms with Crippen LogP contribution in [0.1, 0.15) is 51.1 Å². The first kappa shape index (κ1) is 18.8. The van der Waals surface area contributed by atoms with Crippen LogP contribution in [0.15, 0.2) is 41.3 Å². The Morgan fingerprint density at radius 1 is 1.26 bits per heavy atom. The number of aliphatic hydroxyl groups is 1. The predicted octanol–water partition coefficient (Wildman–Crippen LogP) is 1.42. The van der Waals surface area contributed by atoms with Crippen LogP contribution in [-0.2, 0) is 13.2 Å². The molecule has 1 aliphatic rings. The molecular formula is C20H23N3O4. The molecule has 3 N–H and O–H groups in total. The second kappa shape index (κ2) is 8.18. The summed E-state index contributed by atoms with van der Waals surface area (Å²) in [5.74, 6) is -0.757. The number of carbonyl (C=O) groups is 2. The number of benzene rings is 1. The minimum Gasteiger partial charge on any atom is -0.392 e. The van der Waals surface area contributed by atoms with Gasteiger partial charge >= 0.3 is 0 Å². The van der Waals surface area contributed by atoms with Gasteiger partial charge in [0.1, 0.15) is 5.56 Å². The second-order valence-electron chi connectivity index (χ2n) is 6.87. The molecule has 27 heavy (non-hydrogen) atoms. The van der Waals surface area contributed by atoms with E-state index in [2.05, 4.69) is 10.3 Å². The number of H-pyrrole nitrogens is 1. The molecule has 0 unspecified atom stereocenters. The fourth-order valence-electron chi connectivity index (χ4n) is 2.97. The van der Waals surface area contributed by atoms with E-state index in [4.69, 9.17) is 0 Å². The molecule has 142 valence electrons. The normalized spacial score (nSPS) is 13.7. The third kappa shape index (κ3) is 4.43. The summed E-state index contributed by atoms with van der Waals surface area (Å²) in [5, 5.41) is 12.1. The van der Waals surface area contributed by atoms with Gasteiger partial charge in [0, 0.05) is 25.8 Å². The first-order valence-corrected chi connectivity index (χ1v) is 8.95. The van der Waals surface area contributed by atoms with E-state index in [-0.39, 0.29) is 36.2 Å². The van der Waals surface area contributed by atoms with Crippen molar-refractivity contribution >= 4 is 11.8 Å². The van der Waals surface area contributed by atoms with Gasteiger partial charge in [-0.2, -0.15) is 0 Å². The van der Waals surface area contributed by atoms with Crippen molar-refractivity contribution in [2.45, 2.75) is 38.5 Å². The Bertz CT molecular complexity index is 902. The molecule has 7 nitrogen and oxygen atoms in total. The lowest BCUT2D eigenvalue weighted by molar-refractivity contribution is 0.0783.